The van der Waals surface area contributed by atoms with Crippen molar-refractivity contribution in [1.82, 2.24) is 19.5 Å². The van der Waals surface area contributed by atoms with Crippen molar-refractivity contribution in [2.45, 2.75) is 44.2 Å². The predicted molar refractivity (Wildman–Crippen MR) is 116 cm³/mol. The first-order chi connectivity index (χ1) is 15.9. The largest absolute Gasteiger partial charge is 0.465 e. The first kappa shape index (κ1) is 21.7. The van der Waals surface area contributed by atoms with E-state index in [2.05, 4.69) is 20.3 Å². The normalized spacial score (nSPS) is 25.8. The van der Waals surface area contributed by atoms with Crippen LogP contribution in [0, 0.1) is 0 Å². The van der Waals surface area contributed by atoms with Gasteiger partial charge in [0, 0.05) is 12.8 Å². The van der Waals surface area contributed by atoms with E-state index in [4.69, 9.17) is 23.7 Å². The summed E-state index contributed by atoms with van der Waals surface area (Å²) in [5, 5.41) is 3.23. The molecule has 2 unspecified atom stereocenters. The molecule has 0 amide bonds. The Balaban J connectivity index is 1.44. The quantitative estimate of drug-likeness (QED) is 0.555. The van der Waals surface area contributed by atoms with Crippen molar-refractivity contribution in [1.29, 1.82) is 0 Å². The van der Waals surface area contributed by atoms with Crippen LogP contribution in [0.15, 0.2) is 36.9 Å². The van der Waals surface area contributed by atoms with Crippen molar-refractivity contribution in [3.63, 3.8) is 0 Å². The Labute approximate surface area is 190 Å². The SMILES string of the molecule is COCC1OC(n2cnc3c(Nc4ccc(C(=O)OC)cc4)ncnc32)[C@@H]2OC(C)(C)O[C@H]12. The van der Waals surface area contributed by atoms with E-state index in [0.29, 0.717) is 29.2 Å². The molecule has 11 heteroatoms. The van der Waals surface area contributed by atoms with Gasteiger partial charge in [0.25, 0.3) is 0 Å². The molecule has 0 saturated carbocycles. The van der Waals surface area contributed by atoms with Gasteiger partial charge < -0.3 is 29.0 Å². The fraction of sp³-hybridized carbons (Fsp3) is 0.455. The Morgan fingerprint density at radius 3 is 2.61 bits per heavy atom. The molecule has 2 saturated heterocycles. The van der Waals surface area contributed by atoms with Crippen molar-refractivity contribution in [3.8, 4) is 0 Å². The molecular weight excluding hydrogens is 430 g/mol. The zero-order valence-corrected chi connectivity index (χ0v) is 18.7. The van der Waals surface area contributed by atoms with Crippen molar-refractivity contribution < 1.29 is 28.5 Å². The van der Waals surface area contributed by atoms with Crippen molar-refractivity contribution in [2.75, 3.05) is 26.1 Å². The molecule has 2 aliphatic rings. The average Bonchev–Trinajstić information content (AvgIpc) is 3.46. The number of imidazole rings is 1. The molecule has 3 aromatic rings. The van der Waals surface area contributed by atoms with Crippen LogP contribution in [-0.2, 0) is 23.7 Å². The molecule has 11 nitrogen and oxygen atoms in total. The number of methoxy groups -OCH3 is 2. The number of anilines is 2. The molecular formula is C22H25N5O6. The highest BCUT2D eigenvalue weighted by atomic mass is 16.8. The topological polar surface area (TPSA) is 119 Å². The summed E-state index contributed by atoms with van der Waals surface area (Å²) in [6.45, 7) is 4.15. The summed E-state index contributed by atoms with van der Waals surface area (Å²) in [4.78, 5) is 25.0. The van der Waals surface area contributed by atoms with Crippen LogP contribution in [0.1, 0.15) is 30.4 Å². The van der Waals surface area contributed by atoms with Gasteiger partial charge >= 0.3 is 5.97 Å². The van der Waals surface area contributed by atoms with Crippen molar-refractivity contribution >= 4 is 28.6 Å². The lowest BCUT2D eigenvalue weighted by Gasteiger charge is -2.24. The molecule has 0 radical (unpaired) electrons. The summed E-state index contributed by atoms with van der Waals surface area (Å²) in [5.74, 6) is -0.596. The summed E-state index contributed by atoms with van der Waals surface area (Å²) in [6.07, 6.45) is 1.75. The Hall–Kier alpha value is -3.12. The average molecular weight is 455 g/mol. The van der Waals surface area contributed by atoms with Crippen LogP contribution >= 0.6 is 0 Å². The Bertz CT molecular complexity index is 1160. The van der Waals surface area contributed by atoms with Gasteiger partial charge in [-0.3, -0.25) is 4.57 Å². The van der Waals surface area contributed by atoms with Gasteiger partial charge in [0.05, 0.1) is 25.6 Å². The van der Waals surface area contributed by atoms with Gasteiger partial charge in [0.15, 0.2) is 29.0 Å². The van der Waals surface area contributed by atoms with Crippen LogP contribution in [0.25, 0.3) is 11.2 Å². The van der Waals surface area contributed by atoms with Crippen LogP contribution in [-0.4, -0.2) is 70.4 Å². The predicted octanol–water partition coefficient (Wildman–Crippen LogP) is 2.42. The van der Waals surface area contributed by atoms with E-state index in [9.17, 15) is 4.79 Å². The highest BCUT2D eigenvalue weighted by molar-refractivity contribution is 5.90. The van der Waals surface area contributed by atoms with Gasteiger partial charge in [-0.2, -0.15) is 0 Å². The highest BCUT2D eigenvalue weighted by Gasteiger charge is 2.56. The zero-order valence-electron chi connectivity index (χ0n) is 18.7. The van der Waals surface area contributed by atoms with E-state index >= 15 is 0 Å². The van der Waals surface area contributed by atoms with Crippen molar-refractivity contribution in [2.24, 2.45) is 0 Å². The number of hydrogen-bond acceptors (Lipinski definition) is 10. The van der Waals surface area contributed by atoms with Crippen LogP contribution in [0.3, 0.4) is 0 Å². The molecule has 4 heterocycles. The number of nitrogens with one attached hydrogen (secondary N) is 1. The number of rotatable bonds is 6. The van der Waals surface area contributed by atoms with Gasteiger partial charge in [-0.05, 0) is 38.1 Å². The number of nitrogens with zero attached hydrogens (tertiary/aromatic N) is 4. The Morgan fingerprint density at radius 2 is 1.88 bits per heavy atom. The number of carbonyl (C=O) groups excluding carboxylic acids is 1. The third-order valence-electron chi connectivity index (χ3n) is 5.66. The van der Waals surface area contributed by atoms with Gasteiger partial charge in [-0.15, -0.1) is 0 Å². The molecule has 4 atom stereocenters. The monoisotopic (exact) mass is 455 g/mol. The fourth-order valence-electron chi connectivity index (χ4n) is 4.26. The summed E-state index contributed by atoms with van der Waals surface area (Å²) in [6, 6.07) is 6.88. The Kier molecular flexibility index (Phi) is 5.49. The maximum Gasteiger partial charge on any atom is 0.337 e. The minimum Gasteiger partial charge on any atom is -0.465 e. The van der Waals surface area contributed by atoms with Crippen LogP contribution in [0.5, 0.6) is 0 Å². The molecule has 1 aromatic carbocycles. The molecule has 2 fully saturated rings. The highest BCUT2D eigenvalue weighted by Crippen LogP contribution is 2.44. The third-order valence-corrected chi connectivity index (χ3v) is 5.66. The maximum absolute atomic E-state index is 11.7. The van der Waals surface area contributed by atoms with Gasteiger partial charge in [0.2, 0.25) is 0 Å². The number of benzene rings is 1. The van der Waals surface area contributed by atoms with Crippen LogP contribution in [0.2, 0.25) is 0 Å². The molecule has 0 bridgehead atoms. The molecule has 0 aliphatic carbocycles. The van der Waals surface area contributed by atoms with Gasteiger partial charge in [0.1, 0.15) is 24.6 Å². The standard InChI is InChI=1S/C22H25N5O6/c1-22(2)32-16-14(9-29-3)31-20(17(16)33-22)27-11-25-15-18(23-10-24-19(15)27)26-13-7-5-12(6-8-13)21(28)30-4/h5-8,10-11,14,16-17,20H,9H2,1-4H3,(H,23,24,26)/t14?,16-,17-,20?/m1/s1. The van der Waals surface area contributed by atoms with E-state index in [-0.39, 0.29) is 18.3 Å². The maximum atomic E-state index is 11.7. The fourth-order valence-corrected chi connectivity index (χ4v) is 4.26. The summed E-state index contributed by atoms with van der Waals surface area (Å²) >= 11 is 0. The second kappa shape index (κ2) is 8.34. The zero-order chi connectivity index (χ0) is 23.2. The van der Waals surface area contributed by atoms with Gasteiger partial charge in [-0.1, -0.05) is 0 Å². The number of aromatic nitrogens is 4. The van der Waals surface area contributed by atoms with Crippen molar-refractivity contribution in [3.05, 3.63) is 42.5 Å². The third kappa shape index (κ3) is 3.93. The lowest BCUT2D eigenvalue weighted by Crippen LogP contribution is -2.32. The van der Waals surface area contributed by atoms with Crippen LogP contribution < -0.4 is 5.32 Å². The van der Waals surface area contributed by atoms with E-state index in [1.165, 1.54) is 13.4 Å². The van der Waals surface area contributed by atoms with Gasteiger partial charge in [-0.25, -0.2) is 19.7 Å². The lowest BCUT2D eigenvalue weighted by molar-refractivity contribution is -0.200. The number of esters is 1. The molecule has 1 N–H and O–H groups in total. The molecule has 2 aliphatic heterocycles. The molecule has 174 valence electrons. The molecule has 5 rings (SSSR count). The summed E-state index contributed by atoms with van der Waals surface area (Å²) in [7, 11) is 2.97. The minimum absolute atomic E-state index is 0.268. The first-order valence-corrected chi connectivity index (χ1v) is 10.5. The lowest BCUT2D eigenvalue weighted by atomic mass is 10.1. The van der Waals surface area contributed by atoms with E-state index in [0.717, 1.165) is 5.69 Å². The minimum atomic E-state index is -0.724. The van der Waals surface area contributed by atoms with E-state index in [1.54, 1.807) is 37.7 Å². The number of fused-ring (bicyclic) bond motifs is 2. The molecule has 33 heavy (non-hydrogen) atoms. The smallest absolute Gasteiger partial charge is 0.337 e. The van der Waals surface area contributed by atoms with Crippen LogP contribution in [0.4, 0.5) is 11.5 Å². The molecule has 0 spiro atoms. The molecule has 2 aromatic heterocycles. The number of carbonyl (C=O) groups is 1. The second-order valence-electron chi connectivity index (χ2n) is 8.33. The second-order valence-corrected chi connectivity index (χ2v) is 8.33. The Morgan fingerprint density at radius 1 is 1.12 bits per heavy atom. The number of ether oxygens (including phenoxy) is 5. The number of hydrogen-bond donors (Lipinski definition) is 1. The van der Waals surface area contributed by atoms with E-state index < -0.39 is 18.0 Å². The van der Waals surface area contributed by atoms with E-state index in [1.807, 2.05) is 18.4 Å². The summed E-state index contributed by atoms with van der Waals surface area (Å²) in [5.41, 5.74) is 2.36. The summed E-state index contributed by atoms with van der Waals surface area (Å²) < 4.78 is 30.4. The first-order valence-electron chi connectivity index (χ1n) is 10.5.